The van der Waals surface area contributed by atoms with Crippen molar-refractivity contribution in [1.82, 2.24) is 5.32 Å². The zero-order valence-electron chi connectivity index (χ0n) is 9.20. The number of hydrogen-bond acceptors (Lipinski definition) is 1. The Morgan fingerprint density at radius 2 is 1.58 bits per heavy atom. The monoisotopic (exact) mass is 169 g/mol. The Bertz CT molecular complexity index is 149. The number of nitrogens with one attached hydrogen (secondary N) is 1. The van der Waals surface area contributed by atoms with Crippen LogP contribution < -0.4 is 5.32 Å². The summed E-state index contributed by atoms with van der Waals surface area (Å²) in [5, 5.41) is 3.66. The van der Waals surface area contributed by atoms with Crippen LogP contribution in [0, 0.1) is 11.3 Å². The molecule has 0 aliphatic heterocycles. The van der Waals surface area contributed by atoms with Gasteiger partial charge in [-0.2, -0.15) is 0 Å². The Kier molecular flexibility index (Phi) is 2.53. The molecule has 0 unspecified atom stereocenters. The van der Waals surface area contributed by atoms with Crippen molar-refractivity contribution in [3.63, 3.8) is 0 Å². The first-order valence-corrected chi connectivity index (χ1v) is 5.08. The molecular weight excluding hydrogens is 146 g/mol. The summed E-state index contributed by atoms with van der Waals surface area (Å²) in [6.45, 7) is 12.7. The highest BCUT2D eigenvalue weighted by Crippen LogP contribution is 2.32. The van der Waals surface area contributed by atoms with Gasteiger partial charge in [-0.1, -0.05) is 20.8 Å². The fraction of sp³-hybridized carbons (Fsp3) is 1.00. The van der Waals surface area contributed by atoms with Crippen LogP contribution in [0.4, 0.5) is 0 Å². The first kappa shape index (κ1) is 10.0. The normalized spacial score (nSPS) is 19.8. The Labute approximate surface area is 76.9 Å². The maximum atomic E-state index is 3.66. The molecule has 12 heavy (non-hydrogen) atoms. The Hall–Kier alpha value is -0.0400. The highest BCUT2D eigenvalue weighted by Gasteiger charge is 2.33. The van der Waals surface area contributed by atoms with Crippen molar-refractivity contribution in [2.45, 2.75) is 53.0 Å². The molecule has 1 N–H and O–H groups in total. The van der Waals surface area contributed by atoms with Crippen molar-refractivity contribution in [1.29, 1.82) is 0 Å². The largest absolute Gasteiger partial charge is 0.311 e. The van der Waals surface area contributed by atoms with E-state index < -0.39 is 0 Å². The van der Waals surface area contributed by atoms with Crippen molar-refractivity contribution < 1.29 is 0 Å². The lowest BCUT2D eigenvalue weighted by Crippen LogP contribution is -2.50. The van der Waals surface area contributed by atoms with Crippen molar-refractivity contribution >= 4 is 0 Å². The zero-order chi connectivity index (χ0) is 9.41. The van der Waals surface area contributed by atoms with Crippen molar-refractivity contribution in [2.75, 3.05) is 6.54 Å². The fourth-order valence-corrected chi connectivity index (χ4v) is 0.987. The van der Waals surface area contributed by atoms with Gasteiger partial charge in [0, 0.05) is 5.54 Å². The molecular formula is C11H23N. The second kappa shape index (κ2) is 3.02. The molecule has 0 radical (unpaired) electrons. The van der Waals surface area contributed by atoms with Crippen LogP contribution in [0.5, 0.6) is 0 Å². The van der Waals surface area contributed by atoms with E-state index in [-0.39, 0.29) is 5.54 Å². The molecule has 0 aromatic heterocycles. The molecule has 1 nitrogen and oxygen atoms in total. The fourth-order valence-electron chi connectivity index (χ4n) is 0.987. The Morgan fingerprint density at radius 3 is 1.92 bits per heavy atom. The summed E-state index contributed by atoms with van der Waals surface area (Å²) >= 11 is 0. The van der Waals surface area contributed by atoms with E-state index in [0.29, 0.717) is 5.41 Å². The van der Waals surface area contributed by atoms with Gasteiger partial charge in [-0.25, -0.2) is 0 Å². The molecule has 0 atom stereocenters. The van der Waals surface area contributed by atoms with Gasteiger partial charge in [-0.15, -0.1) is 0 Å². The maximum Gasteiger partial charge on any atom is 0.0173 e. The van der Waals surface area contributed by atoms with Crippen molar-refractivity contribution in [3.05, 3.63) is 0 Å². The van der Waals surface area contributed by atoms with Crippen LogP contribution in [0.25, 0.3) is 0 Å². The molecule has 1 fully saturated rings. The first-order valence-electron chi connectivity index (χ1n) is 5.08. The Balaban J connectivity index is 2.35. The molecule has 0 aromatic carbocycles. The topological polar surface area (TPSA) is 12.0 Å². The van der Waals surface area contributed by atoms with E-state index in [4.69, 9.17) is 0 Å². The maximum absolute atomic E-state index is 3.66. The van der Waals surface area contributed by atoms with Gasteiger partial charge in [0.05, 0.1) is 0 Å². The second-order valence-corrected chi connectivity index (χ2v) is 5.70. The van der Waals surface area contributed by atoms with Crippen LogP contribution in [-0.4, -0.2) is 12.1 Å². The van der Waals surface area contributed by atoms with Crippen LogP contribution in [-0.2, 0) is 0 Å². The lowest BCUT2D eigenvalue weighted by atomic mass is 9.76. The first-order chi connectivity index (χ1) is 5.33. The molecule has 0 spiro atoms. The molecule has 72 valence electrons. The van der Waals surface area contributed by atoms with E-state index in [1.54, 1.807) is 0 Å². The summed E-state index contributed by atoms with van der Waals surface area (Å²) in [6.07, 6.45) is 2.88. The van der Waals surface area contributed by atoms with E-state index >= 15 is 0 Å². The smallest absolute Gasteiger partial charge is 0.0173 e. The molecule has 1 heteroatoms. The molecule has 0 saturated heterocycles. The molecule has 0 bridgehead atoms. The zero-order valence-corrected chi connectivity index (χ0v) is 9.20. The molecule has 1 aliphatic carbocycles. The highest BCUT2D eigenvalue weighted by atomic mass is 15.0. The molecule has 1 aliphatic rings. The van der Waals surface area contributed by atoms with Gasteiger partial charge in [0.2, 0.25) is 0 Å². The highest BCUT2D eigenvalue weighted by molar-refractivity contribution is 4.91. The van der Waals surface area contributed by atoms with E-state index in [9.17, 15) is 0 Å². The molecule has 0 amide bonds. The van der Waals surface area contributed by atoms with Gasteiger partial charge in [-0.05, 0) is 44.6 Å². The van der Waals surface area contributed by atoms with Gasteiger partial charge in [0.1, 0.15) is 0 Å². The van der Waals surface area contributed by atoms with Gasteiger partial charge in [0.25, 0.3) is 0 Å². The van der Waals surface area contributed by atoms with Gasteiger partial charge >= 0.3 is 0 Å². The standard InChI is InChI=1S/C11H23N/c1-10(2,3)11(4,5)12-8-9-6-7-9/h9,12H,6-8H2,1-5H3. The summed E-state index contributed by atoms with van der Waals surface area (Å²) < 4.78 is 0. The van der Waals surface area contributed by atoms with Crippen LogP contribution >= 0.6 is 0 Å². The van der Waals surface area contributed by atoms with Crippen LogP contribution in [0.1, 0.15) is 47.5 Å². The lowest BCUT2D eigenvalue weighted by molar-refractivity contribution is 0.175. The minimum Gasteiger partial charge on any atom is -0.311 e. The molecule has 1 saturated carbocycles. The van der Waals surface area contributed by atoms with Gasteiger partial charge in [-0.3, -0.25) is 0 Å². The van der Waals surface area contributed by atoms with Crippen molar-refractivity contribution in [2.24, 2.45) is 11.3 Å². The van der Waals surface area contributed by atoms with Crippen LogP contribution in [0.3, 0.4) is 0 Å². The predicted molar refractivity (Wildman–Crippen MR) is 54.3 cm³/mol. The SMILES string of the molecule is CC(C)(C)C(C)(C)NCC1CC1. The summed E-state index contributed by atoms with van der Waals surface area (Å²) in [7, 11) is 0. The van der Waals surface area contributed by atoms with E-state index in [0.717, 1.165) is 5.92 Å². The molecule has 0 heterocycles. The average Bonchev–Trinajstić information content (AvgIpc) is 2.62. The number of rotatable bonds is 3. The Morgan fingerprint density at radius 1 is 1.08 bits per heavy atom. The third-order valence-electron chi connectivity index (χ3n) is 3.40. The number of hydrogen-bond donors (Lipinski definition) is 1. The minimum absolute atomic E-state index is 0.260. The van der Waals surface area contributed by atoms with Crippen molar-refractivity contribution in [3.8, 4) is 0 Å². The summed E-state index contributed by atoms with van der Waals surface area (Å²) in [5.74, 6) is 0.978. The van der Waals surface area contributed by atoms with Gasteiger partial charge < -0.3 is 5.32 Å². The summed E-state index contributed by atoms with van der Waals surface area (Å²) in [5.41, 5.74) is 0.609. The lowest BCUT2D eigenvalue weighted by Gasteiger charge is -2.40. The van der Waals surface area contributed by atoms with Gasteiger partial charge in [0.15, 0.2) is 0 Å². The minimum atomic E-state index is 0.260. The van der Waals surface area contributed by atoms with E-state index in [2.05, 4.69) is 39.9 Å². The van der Waals surface area contributed by atoms with Crippen LogP contribution in [0.15, 0.2) is 0 Å². The third-order valence-corrected chi connectivity index (χ3v) is 3.40. The third kappa shape index (κ3) is 2.48. The second-order valence-electron chi connectivity index (χ2n) is 5.70. The average molecular weight is 169 g/mol. The molecule has 0 aromatic rings. The molecule has 1 rings (SSSR count). The quantitative estimate of drug-likeness (QED) is 0.685. The summed E-state index contributed by atoms with van der Waals surface area (Å²) in [6, 6.07) is 0. The predicted octanol–water partition coefficient (Wildman–Crippen LogP) is 2.81. The van der Waals surface area contributed by atoms with E-state index in [1.165, 1.54) is 19.4 Å². The van der Waals surface area contributed by atoms with E-state index in [1.807, 2.05) is 0 Å². The summed E-state index contributed by atoms with van der Waals surface area (Å²) in [4.78, 5) is 0. The van der Waals surface area contributed by atoms with Crippen LogP contribution in [0.2, 0.25) is 0 Å².